The molecule has 0 aliphatic carbocycles. The molecule has 0 saturated heterocycles. The van der Waals surface area contributed by atoms with Crippen LogP contribution in [-0.2, 0) is 6.42 Å². The lowest BCUT2D eigenvalue weighted by atomic mass is 10.0. The lowest BCUT2D eigenvalue weighted by Gasteiger charge is -2.30. The normalized spacial score (nSPS) is 15.1. The molecule has 31 heavy (non-hydrogen) atoms. The van der Waals surface area contributed by atoms with Crippen molar-refractivity contribution in [3.05, 3.63) is 51.0 Å². The van der Waals surface area contributed by atoms with Crippen LogP contribution in [0.25, 0.3) is 0 Å². The highest BCUT2D eigenvalue weighted by Crippen LogP contribution is 2.40. The molecule has 2 heterocycles. The number of fused-ring (bicyclic) bond motifs is 2. The molecule has 0 radical (unpaired) electrons. The standard InChI is InChI=1S/C22H17BrN6O2/c1-28-21(30)16-11-14(12-25)20(19(23)18(16)22(28)31)27-26-15-5-6-17-13(10-15)4-2-8-29(17)9-3-7-24/h5-6,10-11H,2-4,8-9H2,1H3. The second kappa shape index (κ2) is 8.29. The molecule has 154 valence electrons. The minimum atomic E-state index is -0.448. The van der Waals surface area contributed by atoms with Crippen molar-refractivity contribution in [3.8, 4) is 12.1 Å². The van der Waals surface area contributed by atoms with Gasteiger partial charge in [-0.3, -0.25) is 14.5 Å². The van der Waals surface area contributed by atoms with Crippen LogP contribution in [0.5, 0.6) is 0 Å². The molecule has 0 bridgehead atoms. The molecule has 2 aliphatic heterocycles. The molecule has 2 amide bonds. The van der Waals surface area contributed by atoms with Gasteiger partial charge in [0.15, 0.2) is 0 Å². The number of halogens is 1. The van der Waals surface area contributed by atoms with Crippen LogP contribution in [-0.4, -0.2) is 36.9 Å². The van der Waals surface area contributed by atoms with E-state index in [1.54, 1.807) is 0 Å². The third-order valence-electron chi connectivity index (χ3n) is 5.45. The van der Waals surface area contributed by atoms with Gasteiger partial charge in [-0.25, -0.2) is 0 Å². The maximum Gasteiger partial charge on any atom is 0.262 e. The molecule has 2 aliphatic rings. The van der Waals surface area contributed by atoms with E-state index < -0.39 is 11.8 Å². The Balaban J connectivity index is 1.69. The molecule has 0 atom stereocenters. The second-order valence-electron chi connectivity index (χ2n) is 7.30. The first-order valence-electron chi connectivity index (χ1n) is 9.71. The molecule has 0 N–H and O–H groups in total. The van der Waals surface area contributed by atoms with Crippen molar-refractivity contribution in [1.82, 2.24) is 4.90 Å². The quantitative estimate of drug-likeness (QED) is 0.471. The first kappa shape index (κ1) is 20.7. The molecule has 9 heteroatoms. The first-order chi connectivity index (χ1) is 15.0. The fourth-order valence-corrected chi connectivity index (χ4v) is 4.57. The average Bonchev–Trinajstić information content (AvgIpc) is 3.00. The summed E-state index contributed by atoms with van der Waals surface area (Å²) in [6.45, 7) is 1.61. The molecule has 0 spiro atoms. The number of carbonyl (C=O) groups excluding carboxylic acids is 2. The van der Waals surface area contributed by atoms with Crippen molar-refractivity contribution >= 4 is 44.8 Å². The highest BCUT2D eigenvalue weighted by Gasteiger charge is 2.37. The number of carbonyl (C=O) groups is 2. The number of nitriles is 2. The summed E-state index contributed by atoms with van der Waals surface area (Å²) in [6.07, 6.45) is 2.38. The van der Waals surface area contributed by atoms with E-state index in [4.69, 9.17) is 5.26 Å². The highest BCUT2D eigenvalue weighted by atomic mass is 79.9. The zero-order valence-corrected chi connectivity index (χ0v) is 18.3. The van der Waals surface area contributed by atoms with E-state index in [1.165, 1.54) is 13.1 Å². The number of hydrogen-bond acceptors (Lipinski definition) is 7. The Hall–Kier alpha value is -3.56. The van der Waals surface area contributed by atoms with Gasteiger partial charge in [-0.2, -0.15) is 15.6 Å². The Morgan fingerprint density at radius 1 is 1.16 bits per heavy atom. The minimum absolute atomic E-state index is 0.159. The van der Waals surface area contributed by atoms with Crippen LogP contribution < -0.4 is 4.90 Å². The molecule has 2 aromatic carbocycles. The van der Waals surface area contributed by atoms with E-state index in [0.29, 0.717) is 18.7 Å². The molecule has 0 aromatic heterocycles. The maximum absolute atomic E-state index is 12.4. The van der Waals surface area contributed by atoms with E-state index in [1.807, 2.05) is 24.3 Å². The SMILES string of the molecule is CN1C(=O)c2cc(C#N)c(N=Nc3ccc4c(c3)CCCN4CCC#N)c(Br)c2C1=O. The Bertz CT molecular complexity index is 1220. The van der Waals surface area contributed by atoms with Crippen LogP contribution >= 0.6 is 15.9 Å². The van der Waals surface area contributed by atoms with Gasteiger partial charge in [-0.05, 0) is 58.6 Å². The number of aryl methyl sites for hydroxylation is 1. The Kier molecular flexibility index (Phi) is 5.53. The number of azo groups is 1. The summed E-state index contributed by atoms with van der Waals surface area (Å²) in [6, 6.07) is 11.4. The van der Waals surface area contributed by atoms with Crippen LogP contribution in [0.3, 0.4) is 0 Å². The van der Waals surface area contributed by atoms with Crippen molar-refractivity contribution in [2.24, 2.45) is 10.2 Å². The molecule has 0 unspecified atom stereocenters. The van der Waals surface area contributed by atoms with Crippen molar-refractivity contribution in [1.29, 1.82) is 10.5 Å². The highest BCUT2D eigenvalue weighted by molar-refractivity contribution is 9.10. The van der Waals surface area contributed by atoms with Gasteiger partial charge in [0.2, 0.25) is 0 Å². The van der Waals surface area contributed by atoms with Crippen LogP contribution in [0.1, 0.15) is 44.7 Å². The zero-order chi connectivity index (χ0) is 22.1. The van der Waals surface area contributed by atoms with Crippen molar-refractivity contribution < 1.29 is 9.59 Å². The maximum atomic E-state index is 12.4. The van der Waals surface area contributed by atoms with Gasteiger partial charge in [0, 0.05) is 25.8 Å². The van der Waals surface area contributed by atoms with Crippen molar-refractivity contribution in [2.45, 2.75) is 19.3 Å². The van der Waals surface area contributed by atoms with Gasteiger partial charge in [-0.15, -0.1) is 5.11 Å². The molecule has 0 fully saturated rings. The van der Waals surface area contributed by atoms with Gasteiger partial charge in [-0.1, -0.05) is 0 Å². The predicted octanol–water partition coefficient (Wildman–Crippen LogP) is 4.63. The van der Waals surface area contributed by atoms with Gasteiger partial charge >= 0.3 is 0 Å². The van der Waals surface area contributed by atoms with E-state index in [9.17, 15) is 14.9 Å². The summed E-state index contributed by atoms with van der Waals surface area (Å²) < 4.78 is 0.286. The summed E-state index contributed by atoms with van der Waals surface area (Å²) in [5.74, 6) is -0.893. The van der Waals surface area contributed by atoms with Crippen LogP contribution in [0.15, 0.2) is 39.0 Å². The first-order valence-corrected chi connectivity index (χ1v) is 10.5. The van der Waals surface area contributed by atoms with Gasteiger partial charge in [0.1, 0.15) is 11.8 Å². The van der Waals surface area contributed by atoms with Gasteiger partial charge < -0.3 is 4.90 Å². The van der Waals surface area contributed by atoms with Crippen LogP contribution in [0.2, 0.25) is 0 Å². The van der Waals surface area contributed by atoms with E-state index in [0.717, 1.165) is 35.5 Å². The Labute approximate surface area is 187 Å². The third-order valence-corrected chi connectivity index (χ3v) is 6.22. The van der Waals surface area contributed by atoms with Gasteiger partial charge in [0.25, 0.3) is 11.8 Å². The van der Waals surface area contributed by atoms with Crippen LogP contribution in [0.4, 0.5) is 17.1 Å². The number of anilines is 1. The van der Waals surface area contributed by atoms with E-state index in [2.05, 4.69) is 37.1 Å². The lowest BCUT2D eigenvalue weighted by molar-refractivity contribution is 0.0693. The molecule has 0 saturated carbocycles. The number of imide groups is 1. The summed E-state index contributed by atoms with van der Waals surface area (Å²) in [5.41, 5.74) is 3.61. The smallest absolute Gasteiger partial charge is 0.262 e. The Morgan fingerprint density at radius 2 is 1.97 bits per heavy atom. The predicted molar refractivity (Wildman–Crippen MR) is 117 cm³/mol. The van der Waals surface area contributed by atoms with E-state index >= 15 is 0 Å². The number of benzene rings is 2. The van der Waals surface area contributed by atoms with Crippen molar-refractivity contribution in [2.75, 3.05) is 25.0 Å². The van der Waals surface area contributed by atoms with Crippen molar-refractivity contribution in [3.63, 3.8) is 0 Å². The molecule has 4 rings (SSSR count). The number of nitrogens with zero attached hydrogens (tertiary/aromatic N) is 6. The molecule has 8 nitrogen and oxygen atoms in total. The fourth-order valence-electron chi connectivity index (χ4n) is 3.89. The summed E-state index contributed by atoms with van der Waals surface area (Å²) >= 11 is 3.35. The lowest BCUT2D eigenvalue weighted by Crippen LogP contribution is -2.30. The fraction of sp³-hybridized carbons (Fsp3) is 0.273. The van der Waals surface area contributed by atoms with Crippen LogP contribution in [0, 0.1) is 22.7 Å². The summed E-state index contributed by atoms with van der Waals surface area (Å²) in [4.78, 5) is 27.9. The zero-order valence-electron chi connectivity index (χ0n) is 16.7. The van der Waals surface area contributed by atoms with E-state index in [-0.39, 0.29) is 26.9 Å². The third kappa shape index (κ3) is 3.58. The molecular weight excluding hydrogens is 460 g/mol. The minimum Gasteiger partial charge on any atom is -0.370 e. The monoisotopic (exact) mass is 476 g/mol. The van der Waals surface area contributed by atoms with Gasteiger partial charge in [0.05, 0.1) is 39.3 Å². The Morgan fingerprint density at radius 3 is 2.71 bits per heavy atom. The number of amides is 2. The largest absolute Gasteiger partial charge is 0.370 e. The number of rotatable bonds is 4. The molecule has 2 aromatic rings. The summed E-state index contributed by atoms with van der Waals surface area (Å²) in [5, 5.41) is 26.9. The molecular formula is C22H17BrN6O2. The average molecular weight is 477 g/mol. The summed E-state index contributed by atoms with van der Waals surface area (Å²) in [7, 11) is 1.40. The number of hydrogen-bond donors (Lipinski definition) is 0. The second-order valence-corrected chi connectivity index (χ2v) is 8.10. The topological polar surface area (TPSA) is 113 Å².